The van der Waals surface area contributed by atoms with Gasteiger partial charge in [-0.3, -0.25) is 9.59 Å². The van der Waals surface area contributed by atoms with Crippen molar-refractivity contribution in [1.82, 2.24) is 9.97 Å². The van der Waals surface area contributed by atoms with Gasteiger partial charge in [0.15, 0.2) is 0 Å². The summed E-state index contributed by atoms with van der Waals surface area (Å²) in [5.74, 6) is -0.0252. The Bertz CT molecular complexity index is 988. The van der Waals surface area contributed by atoms with Crippen molar-refractivity contribution in [2.24, 2.45) is 0 Å². The standard InChI is InChI=1S/C20H20N4O3/c1-13-4-3-5-14(10-13)24-20-16-11-15(6-7-17(16)21-12-22-20)23-18(25)8-9-19(26)27-2/h3-7,10-12H,8-9H2,1-2H3,(H,23,25)(H,21,22,24). The Kier molecular flexibility index (Phi) is 5.61. The molecular weight excluding hydrogens is 344 g/mol. The van der Waals surface area contributed by atoms with Crippen LogP contribution in [-0.4, -0.2) is 29.0 Å². The monoisotopic (exact) mass is 364 g/mol. The lowest BCUT2D eigenvalue weighted by Gasteiger charge is -2.11. The van der Waals surface area contributed by atoms with Gasteiger partial charge < -0.3 is 15.4 Å². The SMILES string of the molecule is COC(=O)CCC(=O)Nc1ccc2ncnc(Nc3cccc(C)c3)c2c1. The molecule has 0 aliphatic heterocycles. The third-order valence-corrected chi connectivity index (χ3v) is 3.98. The van der Waals surface area contributed by atoms with Crippen LogP contribution in [0.1, 0.15) is 18.4 Å². The number of nitrogens with one attached hydrogen (secondary N) is 2. The van der Waals surface area contributed by atoms with E-state index in [4.69, 9.17) is 0 Å². The summed E-state index contributed by atoms with van der Waals surface area (Å²) in [7, 11) is 1.30. The van der Waals surface area contributed by atoms with Crippen molar-refractivity contribution in [3.05, 3.63) is 54.4 Å². The molecule has 2 N–H and O–H groups in total. The highest BCUT2D eigenvalue weighted by Crippen LogP contribution is 2.26. The van der Waals surface area contributed by atoms with Crippen LogP contribution in [0.2, 0.25) is 0 Å². The third-order valence-electron chi connectivity index (χ3n) is 3.98. The molecule has 1 amide bonds. The minimum atomic E-state index is -0.415. The van der Waals surface area contributed by atoms with Gasteiger partial charge in [-0.05, 0) is 42.8 Å². The van der Waals surface area contributed by atoms with Gasteiger partial charge in [0.25, 0.3) is 0 Å². The average molecular weight is 364 g/mol. The number of anilines is 3. The van der Waals surface area contributed by atoms with Crippen LogP contribution in [0.5, 0.6) is 0 Å². The number of benzene rings is 2. The third kappa shape index (κ3) is 4.78. The van der Waals surface area contributed by atoms with E-state index in [0.29, 0.717) is 11.5 Å². The lowest BCUT2D eigenvalue weighted by atomic mass is 10.2. The summed E-state index contributed by atoms with van der Waals surface area (Å²) in [4.78, 5) is 31.8. The van der Waals surface area contributed by atoms with Gasteiger partial charge in [0.05, 0.1) is 19.0 Å². The van der Waals surface area contributed by atoms with Crippen molar-refractivity contribution in [1.29, 1.82) is 0 Å². The highest BCUT2D eigenvalue weighted by molar-refractivity contribution is 5.97. The Morgan fingerprint density at radius 1 is 1.04 bits per heavy atom. The Hall–Kier alpha value is -3.48. The minimum absolute atomic E-state index is 0.0409. The lowest BCUT2D eigenvalue weighted by molar-refractivity contribution is -0.141. The molecule has 7 nitrogen and oxygen atoms in total. The van der Waals surface area contributed by atoms with E-state index >= 15 is 0 Å². The summed E-state index contributed by atoms with van der Waals surface area (Å²) in [6.45, 7) is 2.02. The van der Waals surface area contributed by atoms with Crippen LogP contribution in [-0.2, 0) is 14.3 Å². The highest BCUT2D eigenvalue weighted by atomic mass is 16.5. The molecule has 0 radical (unpaired) electrons. The van der Waals surface area contributed by atoms with Gasteiger partial charge in [0.1, 0.15) is 12.1 Å². The van der Waals surface area contributed by atoms with Gasteiger partial charge in [-0.25, -0.2) is 9.97 Å². The number of fused-ring (bicyclic) bond motifs is 1. The number of carbonyl (C=O) groups excluding carboxylic acids is 2. The Morgan fingerprint density at radius 2 is 1.89 bits per heavy atom. The first-order valence-electron chi connectivity index (χ1n) is 8.50. The summed E-state index contributed by atoms with van der Waals surface area (Å²) in [6, 6.07) is 13.4. The maximum absolute atomic E-state index is 12.0. The largest absolute Gasteiger partial charge is 0.469 e. The second-order valence-corrected chi connectivity index (χ2v) is 6.07. The van der Waals surface area contributed by atoms with Crippen LogP contribution >= 0.6 is 0 Å². The van der Waals surface area contributed by atoms with Gasteiger partial charge in [-0.2, -0.15) is 0 Å². The number of nitrogens with zero attached hydrogens (tertiary/aromatic N) is 2. The first-order valence-corrected chi connectivity index (χ1v) is 8.50. The highest BCUT2D eigenvalue weighted by Gasteiger charge is 2.10. The van der Waals surface area contributed by atoms with Gasteiger partial charge in [0.2, 0.25) is 5.91 Å². The van der Waals surface area contributed by atoms with Crippen LogP contribution < -0.4 is 10.6 Å². The fourth-order valence-corrected chi connectivity index (χ4v) is 2.63. The lowest BCUT2D eigenvalue weighted by Crippen LogP contribution is -2.14. The molecule has 0 fully saturated rings. The molecule has 2 aromatic carbocycles. The Morgan fingerprint density at radius 3 is 2.67 bits per heavy atom. The minimum Gasteiger partial charge on any atom is -0.469 e. The van der Waals surface area contributed by atoms with Crippen LogP contribution in [0.25, 0.3) is 10.9 Å². The molecule has 1 heterocycles. The molecule has 0 atom stereocenters. The molecule has 3 rings (SSSR count). The van der Waals surface area contributed by atoms with Crippen molar-refractivity contribution in [3.63, 3.8) is 0 Å². The zero-order valence-corrected chi connectivity index (χ0v) is 15.2. The van der Waals surface area contributed by atoms with E-state index in [2.05, 4.69) is 25.3 Å². The van der Waals surface area contributed by atoms with Gasteiger partial charge >= 0.3 is 5.97 Å². The van der Waals surface area contributed by atoms with E-state index in [9.17, 15) is 9.59 Å². The molecule has 0 unspecified atom stereocenters. The fourth-order valence-electron chi connectivity index (χ4n) is 2.63. The number of aryl methyl sites for hydroxylation is 1. The predicted octanol–water partition coefficient (Wildman–Crippen LogP) is 3.57. The number of hydrogen-bond acceptors (Lipinski definition) is 6. The molecule has 27 heavy (non-hydrogen) atoms. The van der Waals surface area contributed by atoms with Crippen molar-refractivity contribution >= 4 is 40.0 Å². The number of carbonyl (C=O) groups is 2. The number of methoxy groups -OCH3 is 1. The number of ether oxygens (including phenoxy) is 1. The summed E-state index contributed by atoms with van der Waals surface area (Å²) in [6.07, 6.45) is 1.60. The number of esters is 1. The molecule has 7 heteroatoms. The molecule has 0 spiro atoms. The van der Waals surface area contributed by atoms with Crippen LogP contribution in [0.3, 0.4) is 0 Å². The Balaban J connectivity index is 1.81. The molecule has 138 valence electrons. The van der Waals surface area contributed by atoms with Crippen molar-refractivity contribution < 1.29 is 14.3 Å². The van der Waals surface area contributed by atoms with Gasteiger partial charge in [-0.1, -0.05) is 12.1 Å². The van der Waals surface area contributed by atoms with E-state index in [1.165, 1.54) is 13.4 Å². The fraction of sp³-hybridized carbons (Fsp3) is 0.200. The van der Waals surface area contributed by atoms with E-state index in [0.717, 1.165) is 22.2 Å². The summed E-state index contributed by atoms with van der Waals surface area (Å²) < 4.78 is 4.55. The molecule has 1 aromatic heterocycles. The molecule has 0 aliphatic rings. The molecule has 0 bridgehead atoms. The predicted molar refractivity (Wildman–Crippen MR) is 104 cm³/mol. The van der Waals surface area contributed by atoms with Crippen LogP contribution in [0, 0.1) is 6.92 Å². The molecule has 0 saturated heterocycles. The molecule has 0 saturated carbocycles. The first kappa shape index (κ1) is 18.3. The van der Waals surface area contributed by atoms with Gasteiger partial charge in [0, 0.05) is 23.2 Å². The van der Waals surface area contributed by atoms with Gasteiger partial charge in [-0.15, -0.1) is 0 Å². The summed E-state index contributed by atoms with van der Waals surface area (Å²) >= 11 is 0. The van der Waals surface area contributed by atoms with Crippen LogP contribution in [0.15, 0.2) is 48.8 Å². The maximum atomic E-state index is 12.0. The first-order chi connectivity index (χ1) is 13.0. The summed E-state index contributed by atoms with van der Waals surface area (Å²) in [5.41, 5.74) is 3.42. The number of amides is 1. The van der Waals surface area contributed by atoms with Crippen LogP contribution in [0.4, 0.5) is 17.2 Å². The molecular formula is C20H20N4O3. The van der Waals surface area contributed by atoms with E-state index in [1.807, 2.05) is 43.3 Å². The Labute approximate surface area is 156 Å². The van der Waals surface area contributed by atoms with E-state index in [1.54, 1.807) is 6.07 Å². The second kappa shape index (κ2) is 8.27. The molecule has 0 aliphatic carbocycles. The zero-order chi connectivity index (χ0) is 19.2. The number of hydrogen-bond donors (Lipinski definition) is 2. The van der Waals surface area contributed by atoms with Crippen molar-refractivity contribution in [2.75, 3.05) is 17.7 Å². The maximum Gasteiger partial charge on any atom is 0.306 e. The average Bonchev–Trinajstić information content (AvgIpc) is 2.66. The quantitative estimate of drug-likeness (QED) is 0.650. The number of rotatable bonds is 6. The zero-order valence-electron chi connectivity index (χ0n) is 15.2. The smallest absolute Gasteiger partial charge is 0.306 e. The van der Waals surface area contributed by atoms with Crippen molar-refractivity contribution in [3.8, 4) is 0 Å². The van der Waals surface area contributed by atoms with E-state index in [-0.39, 0.29) is 18.7 Å². The van der Waals surface area contributed by atoms with E-state index < -0.39 is 5.97 Å². The normalized spacial score (nSPS) is 10.4. The second-order valence-electron chi connectivity index (χ2n) is 6.07. The topological polar surface area (TPSA) is 93.2 Å². The summed E-state index contributed by atoms with van der Waals surface area (Å²) in [5, 5.41) is 6.86. The molecule has 3 aromatic rings. The van der Waals surface area contributed by atoms with Crippen molar-refractivity contribution in [2.45, 2.75) is 19.8 Å². The number of aromatic nitrogens is 2.